The molecule has 0 radical (unpaired) electrons. The monoisotopic (exact) mass is 290 g/mol. The molecular weight excluding hydrogens is 276 g/mol. The van der Waals surface area contributed by atoms with Crippen molar-refractivity contribution in [2.45, 2.75) is 19.1 Å². The third kappa shape index (κ3) is 2.92. The van der Waals surface area contributed by atoms with Crippen LogP contribution in [0.2, 0.25) is 0 Å². The van der Waals surface area contributed by atoms with E-state index in [0.29, 0.717) is 37.8 Å². The lowest BCUT2D eigenvalue weighted by Crippen LogP contribution is -2.52. The fourth-order valence-electron chi connectivity index (χ4n) is 2.16. The van der Waals surface area contributed by atoms with E-state index in [1.807, 2.05) is 0 Å². The van der Waals surface area contributed by atoms with Crippen molar-refractivity contribution in [3.8, 4) is 0 Å². The van der Waals surface area contributed by atoms with E-state index in [0.717, 1.165) is 0 Å². The van der Waals surface area contributed by atoms with Crippen LogP contribution in [0.25, 0.3) is 0 Å². The van der Waals surface area contributed by atoms with Crippen LogP contribution in [0.4, 0.5) is 17.6 Å². The molecule has 1 unspecified atom stereocenters. The molecule has 1 amide bonds. The highest BCUT2D eigenvalue weighted by molar-refractivity contribution is 5.95. The summed E-state index contributed by atoms with van der Waals surface area (Å²) in [5, 5.41) is 3.05. The maximum absolute atomic E-state index is 13.7. The first-order valence-corrected chi connectivity index (χ1v) is 6.19. The molecule has 1 N–H and O–H groups in total. The molecule has 1 atom stereocenters. The van der Waals surface area contributed by atoms with E-state index < -0.39 is 29.0 Å². The van der Waals surface area contributed by atoms with Crippen molar-refractivity contribution in [3.05, 3.63) is 35.1 Å². The highest BCUT2D eigenvalue weighted by Crippen LogP contribution is 2.30. The Bertz CT molecular complexity index is 516. The zero-order valence-electron chi connectivity index (χ0n) is 10.8. The molecule has 110 valence electrons. The Labute approximate surface area is 113 Å². The fourth-order valence-corrected chi connectivity index (χ4v) is 2.16. The summed E-state index contributed by atoms with van der Waals surface area (Å²) in [6.07, 6.45) is -4.60. The van der Waals surface area contributed by atoms with E-state index in [-0.39, 0.29) is 6.04 Å². The highest BCUT2D eigenvalue weighted by atomic mass is 19.4. The lowest BCUT2D eigenvalue weighted by Gasteiger charge is -2.34. The van der Waals surface area contributed by atoms with Gasteiger partial charge in [-0.2, -0.15) is 13.2 Å². The maximum atomic E-state index is 13.7. The van der Waals surface area contributed by atoms with Crippen LogP contribution < -0.4 is 5.32 Å². The second-order valence-electron chi connectivity index (χ2n) is 4.74. The topological polar surface area (TPSA) is 32.3 Å². The van der Waals surface area contributed by atoms with Crippen LogP contribution in [0, 0.1) is 5.82 Å². The lowest BCUT2D eigenvalue weighted by atomic mass is 10.1. The van der Waals surface area contributed by atoms with Gasteiger partial charge in [0.1, 0.15) is 5.82 Å². The summed E-state index contributed by atoms with van der Waals surface area (Å²) in [6, 6.07) is 1.70. The van der Waals surface area contributed by atoms with Crippen LogP contribution >= 0.6 is 0 Å². The lowest BCUT2D eigenvalue weighted by molar-refractivity contribution is -0.137. The molecule has 2 rings (SSSR count). The Kier molecular flexibility index (Phi) is 3.99. The van der Waals surface area contributed by atoms with Crippen LogP contribution in [0.1, 0.15) is 22.8 Å². The summed E-state index contributed by atoms with van der Waals surface area (Å²) in [7, 11) is 0. The number of nitrogens with zero attached hydrogens (tertiary/aromatic N) is 1. The first-order chi connectivity index (χ1) is 9.30. The van der Waals surface area contributed by atoms with E-state index in [9.17, 15) is 22.4 Å². The van der Waals surface area contributed by atoms with E-state index in [2.05, 4.69) is 5.32 Å². The largest absolute Gasteiger partial charge is 0.416 e. The van der Waals surface area contributed by atoms with Gasteiger partial charge in [0.2, 0.25) is 0 Å². The van der Waals surface area contributed by atoms with Gasteiger partial charge in [0.15, 0.2) is 0 Å². The number of halogens is 4. The molecular formula is C13H14F4N2O. The Morgan fingerprint density at radius 2 is 2.10 bits per heavy atom. The number of amides is 1. The molecule has 1 aromatic rings. The Morgan fingerprint density at radius 1 is 1.40 bits per heavy atom. The number of carbonyl (C=O) groups is 1. The van der Waals surface area contributed by atoms with Gasteiger partial charge in [-0.25, -0.2) is 4.39 Å². The normalized spacial score (nSPS) is 20.1. The van der Waals surface area contributed by atoms with Crippen molar-refractivity contribution < 1.29 is 22.4 Å². The number of nitrogens with one attached hydrogen (secondary N) is 1. The van der Waals surface area contributed by atoms with Gasteiger partial charge < -0.3 is 10.2 Å². The molecule has 1 heterocycles. The molecule has 0 spiro atoms. The van der Waals surface area contributed by atoms with E-state index in [1.165, 1.54) is 4.90 Å². The Balaban J connectivity index is 2.33. The van der Waals surface area contributed by atoms with Crippen molar-refractivity contribution in [1.29, 1.82) is 0 Å². The smallest absolute Gasteiger partial charge is 0.333 e. The minimum absolute atomic E-state index is 0.190. The van der Waals surface area contributed by atoms with Crippen molar-refractivity contribution in [2.24, 2.45) is 0 Å². The molecule has 0 aliphatic carbocycles. The second kappa shape index (κ2) is 5.40. The van der Waals surface area contributed by atoms with Gasteiger partial charge in [-0.05, 0) is 25.1 Å². The Hall–Kier alpha value is -1.63. The van der Waals surface area contributed by atoms with E-state index in [1.54, 1.807) is 6.92 Å². The number of alkyl halides is 3. The summed E-state index contributed by atoms with van der Waals surface area (Å²) >= 11 is 0. The molecule has 1 aliphatic rings. The maximum Gasteiger partial charge on any atom is 0.416 e. The van der Waals surface area contributed by atoms with Crippen LogP contribution in [0.3, 0.4) is 0 Å². The zero-order valence-corrected chi connectivity index (χ0v) is 10.8. The average molecular weight is 290 g/mol. The van der Waals surface area contributed by atoms with Crippen molar-refractivity contribution >= 4 is 5.91 Å². The van der Waals surface area contributed by atoms with Gasteiger partial charge in [0.25, 0.3) is 5.91 Å². The molecule has 1 fully saturated rings. The van der Waals surface area contributed by atoms with Crippen molar-refractivity contribution in [2.75, 3.05) is 19.6 Å². The first kappa shape index (κ1) is 14.8. The van der Waals surface area contributed by atoms with Gasteiger partial charge in [-0.15, -0.1) is 0 Å². The Morgan fingerprint density at radius 3 is 2.70 bits per heavy atom. The SMILES string of the molecule is CC1CNCCN1C(=O)c1cc(C(F)(F)F)ccc1F. The van der Waals surface area contributed by atoms with Crippen LogP contribution in [-0.2, 0) is 6.18 Å². The van der Waals surface area contributed by atoms with Gasteiger partial charge in [-0.1, -0.05) is 0 Å². The molecule has 0 bridgehead atoms. The molecule has 1 saturated heterocycles. The predicted molar refractivity (Wildman–Crippen MR) is 64.8 cm³/mol. The van der Waals surface area contributed by atoms with Crippen LogP contribution in [0.5, 0.6) is 0 Å². The predicted octanol–water partition coefficient (Wildman–Crippen LogP) is 2.28. The summed E-state index contributed by atoms with van der Waals surface area (Å²) in [4.78, 5) is 13.6. The van der Waals surface area contributed by atoms with Gasteiger partial charge in [0, 0.05) is 25.7 Å². The quantitative estimate of drug-likeness (QED) is 0.805. The fraction of sp³-hybridized carbons (Fsp3) is 0.462. The number of hydrogen-bond acceptors (Lipinski definition) is 2. The molecule has 0 aromatic heterocycles. The second-order valence-corrected chi connectivity index (χ2v) is 4.74. The van der Waals surface area contributed by atoms with E-state index >= 15 is 0 Å². The average Bonchev–Trinajstić information content (AvgIpc) is 2.37. The summed E-state index contributed by atoms with van der Waals surface area (Å²) in [5.41, 5.74) is -1.56. The van der Waals surface area contributed by atoms with Crippen molar-refractivity contribution in [1.82, 2.24) is 10.2 Å². The molecule has 1 aliphatic heterocycles. The van der Waals surface area contributed by atoms with Crippen molar-refractivity contribution in [3.63, 3.8) is 0 Å². The number of carbonyl (C=O) groups excluding carboxylic acids is 1. The number of rotatable bonds is 1. The minimum atomic E-state index is -4.60. The van der Waals surface area contributed by atoms with Gasteiger partial charge in [-0.3, -0.25) is 4.79 Å². The third-order valence-corrected chi connectivity index (χ3v) is 3.29. The molecule has 7 heteroatoms. The molecule has 20 heavy (non-hydrogen) atoms. The standard InChI is InChI=1S/C13H14F4N2O/c1-8-7-18-4-5-19(8)12(20)10-6-9(13(15,16)17)2-3-11(10)14/h2-3,6,8,18H,4-5,7H2,1H3. The van der Waals surface area contributed by atoms with E-state index in [4.69, 9.17) is 0 Å². The minimum Gasteiger partial charge on any atom is -0.333 e. The molecule has 0 saturated carbocycles. The number of piperazine rings is 1. The van der Waals surface area contributed by atoms with Crippen LogP contribution in [0.15, 0.2) is 18.2 Å². The number of hydrogen-bond donors (Lipinski definition) is 1. The summed E-state index contributed by atoms with van der Waals surface area (Å²) in [6.45, 7) is 3.17. The third-order valence-electron chi connectivity index (χ3n) is 3.29. The zero-order chi connectivity index (χ0) is 14.9. The number of benzene rings is 1. The van der Waals surface area contributed by atoms with Crippen LogP contribution in [-0.4, -0.2) is 36.5 Å². The summed E-state index contributed by atoms with van der Waals surface area (Å²) < 4.78 is 51.5. The molecule has 1 aromatic carbocycles. The first-order valence-electron chi connectivity index (χ1n) is 6.19. The molecule has 3 nitrogen and oxygen atoms in total. The summed E-state index contributed by atoms with van der Waals surface area (Å²) in [5.74, 6) is -1.64. The van der Waals surface area contributed by atoms with Gasteiger partial charge >= 0.3 is 6.18 Å². The highest BCUT2D eigenvalue weighted by Gasteiger charge is 2.33. The van der Waals surface area contributed by atoms with Gasteiger partial charge in [0.05, 0.1) is 11.1 Å².